The van der Waals surface area contributed by atoms with Gasteiger partial charge >= 0.3 is 0 Å². The Balaban J connectivity index is 2.08. The minimum atomic E-state index is -3.52. The molecule has 2 N–H and O–H groups in total. The quantitative estimate of drug-likeness (QED) is 0.829. The van der Waals surface area contributed by atoms with Gasteiger partial charge in [0, 0.05) is 13.7 Å². The molecule has 0 radical (unpaired) electrons. The molecule has 0 bridgehead atoms. The second-order valence-corrected chi connectivity index (χ2v) is 8.74. The summed E-state index contributed by atoms with van der Waals surface area (Å²) in [5, 5.41) is 3.34. The van der Waals surface area contributed by atoms with E-state index in [0.717, 1.165) is 36.3 Å². The van der Waals surface area contributed by atoms with Crippen molar-refractivity contribution < 1.29 is 13.2 Å². The van der Waals surface area contributed by atoms with Crippen molar-refractivity contribution in [2.24, 2.45) is 0 Å². The van der Waals surface area contributed by atoms with Crippen LogP contribution in [-0.4, -0.2) is 40.8 Å². The van der Waals surface area contributed by atoms with Crippen LogP contribution in [0.25, 0.3) is 0 Å². The molecule has 2 rings (SSSR count). The maximum atomic E-state index is 12.3. The molecule has 114 valence electrons. The summed E-state index contributed by atoms with van der Waals surface area (Å²) < 4.78 is 33.2. The zero-order valence-electron chi connectivity index (χ0n) is 11.5. The van der Waals surface area contributed by atoms with E-state index in [-0.39, 0.29) is 9.75 Å². The van der Waals surface area contributed by atoms with Gasteiger partial charge < -0.3 is 10.1 Å². The molecule has 1 unspecified atom stereocenters. The zero-order valence-corrected chi connectivity index (χ0v) is 13.9. The predicted molar refractivity (Wildman–Crippen MR) is 81.1 cm³/mol. The van der Waals surface area contributed by atoms with Gasteiger partial charge in [-0.3, -0.25) is 0 Å². The highest BCUT2D eigenvalue weighted by atomic mass is 35.5. The highest BCUT2D eigenvalue weighted by Gasteiger charge is 2.35. The number of ether oxygens (including phenoxy) is 1. The van der Waals surface area contributed by atoms with Gasteiger partial charge in [0.05, 0.1) is 16.5 Å². The van der Waals surface area contributed by atoms with E-state index in [9.17, 15) is 8.42 Å². The summed E-state index contributed by atoms with van der Waals surface area (Å²) in [5.74, 6) is 0. The predicted octanol–water partition coefficient (Wildman–Crippen LogP) is 1.76. The van der Waals surface area contributed by atoms with Crippen LogP contribution in [0.3, 0.4) is 0 Å². The summed E-state index contributed by atoms with van der Waals surface area (Å²) in [6.45, 7) is 3.48. The van der Waals surface area contributed by atoms with Gasteiger partial charge in [-0.1, -0.05) is 11.6 Å². The SMILES string of the molecule is COCC1(CNS(=O)(=O)c2cc(C)c(Cl)s2)CCCN1. The molecule has 1 aromatic rings. The molecule has 8 heteroatoms. The van der Waals surface area contributed by atoms with Crippen LogP contribution < -0.4 is 10.0 Å². The standard InChI is InChI=1S/C12H19ClN2O3S2/c1-9-6-10(19-11(9)13)20(16,17)15-7-12(8-18-2)4-3-5-14-12/h6,14-15H,3-5,7-8H2,1-2H3. The zero-order chi connectivity index (χ0) is 14.8. The van der Waals surface area contributed by atoms with E-state index in [0.29, 0.717) is 17.5 Å². The Bertz CT molecular complexity index is 546. The molecule has 2 heterocycles. The van der Waals surface area contributed by atoms with Crippen LogP contribution in [-0.2, 0) is 14.8 Å². The first-order chi connectivity index (χ1) is 9.38. The van der Waals surface area contributed by atoms with E-state index in [2.05, 4.69) is 10.0 Å². The molecule has 0 spiro atoms. The van der Waals surface area contributed by atoms with E-state index in [1.807, 2.05) is 0 Å². The molecule has 0 aromatic carbocycles. The van der Waals surface area contributed by atoms with Gasteiger partial charge in [0.2, 0.25) is 10.0 Å². The summed E-state index contributed by atoms with van der Waals surface area (Å²) >= 11 is 7.01. The van der Waals surface area contributed by atoms with Crippen molar-refractivity contribution in [2.75, 3.05) is 26.8 Å². The van der Waals surface area contributed by atoms with Crippen LogP contribution >= 0.6 is 22.9 Å². The Morgan fingerprint density at radius 2 is 2.35 bits per heavy atom. The number of aryl methyl sites for hydroxylation is 1. The fraction of sp³-hybridized carbons (Fsp3) is 0.667. The molecule has 1 aliphatic heterocycles. The molecule has 0 saturated carbocycles. The number of hydrogen-bond donors (Lipinski definition) is 2. The maximum Gasteiger partial charge on any atom is 0.250 e. The van der Waals surface area contributed by atoms with E-state index in [4.69, 9.17) is 16.3 Å². The Labute approximate surface area is 128 Å². The molecule has 5 nitrogen and oxygen atoms in total. The van der Waals surface area contributed by atoms with Crippen molar-refractivity contribution in [2.45, 2.75) is 29.5 Å². The monoisotopic (exact) mass is 338 g/mol. The van der Waals surface area contributed by atoms with Crippen LogP contribution in [0, 0.1) is 6.92 Å². The first-order valence-corrected chi connectivity index (χ1v) is 9.06. The fourth-order valence-electron chi connectivity index (χ4n) is 2.34. The summed E-state index contributed by atoms with van der Waals surface area (Å²) in [5.41, 5.74) is 0.473. The van der Waals surface area contributed by atoms with Crippen LogP contribution in [0.1, 0.15) is 18.4 Å². The molecule has 1 fully saturated rings. The van der Waals surface area contributed by atoms with Crippen molar-refractivity contribution in [3.05, 3.63) is 16.0 Å². The first kappa shape index (κ1) is 16.2. The van der Waals surface area contributed by atoms with Crippen LogP contribution in [0.2, 0.25) is 4.34 Å². The lowest BCUT2D eigenvalue weighted by atomic mass is 9.99. The minimum Gasteiger partial charge on any atom is -0.383 e. The Kier molecular flexibility index (Phi) is 5.09. The third kappa shape index (κ3) is 3.52. The number of methoxy groups -OCH3 is 1. The number of sulfonamides is 1. The van der Waals surface area contributed by atoms with Crippen LogP contribution in [0.15, 0.2) is 10.3 Å². The van der Waals surface area contributed by atoms with Crippen molar-refractivity contribution in [1.82, 2.24) is 10.0 Å². The fourth-order valence-corrected chi connectivity index (χ4v) is 5.22. The average molecular weight is 339 g/mol. The Hall–Kier alpha value is -0.180. The molecule has 1 saturated heterocycles. The highest BCUT2D eigenvalue weighted by molar-refractivity contribution is 7.91. The lowest BCUT2D eigenvalue weighted by molar-refractivity contribution is 0.122. The van der Waals surface area contributed by atoms with Gasteiger partial charge in [-0.05, 0) is 37.9 Å². The smallest absolute Gasteiger partial charge is 0.250 e. The van der Waals surface area contributed by atoms with Gasteiger partial charge in [-0.15, -0.1) is 11.3 Å². The van der Waals surface area contributed by atoms with Crippen molar-refractivity contribution >= 4 is 33.0 Å². The summed E-state index contributed by atoms with van der Waals surface area (Å²) in [6.07, 6.45) is 1.92. The van der Waals surface area contributed by atoms with Gasteiger partial charge in [0.25, 0.3) is 0 Å². The van der Waals surface area contributed by atoms with Gasteiger partial charge in [0.15, 0.2) is 0 Å². The minimum absolute atomic E-state index is 0.255. The third-order valence-electron chi connectivity index (χ3n) is 3.45. The third-order valence-corrected chi connectivity index (χ3v) is 6.88. The molecular formula is C12H19ClN2O3S2. The van der Waals surface area contributed by atoms with Crippen LogP contribution in [0.4, 0.5) is 0 Å². The Morgan fingerprint density at radius 1 is 1.60 bits per heavy atom. The molecule has 20 heavy (non-hydrogen) atoms. The summed E-state index contributed by atoms with van der Waals surface area (Å²) in [7, 11) is -1.89. The largest absolute Gasteiger partial charge is 0.383 e. The van der Waals surface area contributed by atoms with Gasteiger partial charge in [0.1, 0.15) is 4.21 Å². The van der Waals surface area contributed by atoms with Crippen molar-refractivity contribution in [1.29, 1.82) is 0 Å². The molecular weight excluding hydrogens is 320 g/mol. The van der Waals surface area contributed by atoms with Gasteiger partial charge in [-0.2, -0.15) is 0 Å². The summed E-state index contributed by atoms with van der Waals surface area (Å²) in [4.78, 5) is 0. The van der Waals surface area contributed by atoms with Gasteiger partial charge in [-0.25, -0.2) is 13.1 Å². The summed E-state index contributed by atoms with van der Waals surface area (Å²) in [6, 6.07) is 1.60. The molecule has 1 aliphatic rings. The topological polar surface area (TPSA) is 67.4 Å². The van der Waals surface area contributed by atoms with Crippen molar-refractivity contribution in [3.8, 4) is 0 Å². The second kappa shape index (κ2) is 6.29. The van der Waals surface area contributed by atoms with E-state index in [1.54, 1.807) is 20.1 Å². The highest BCUT2D eigenvalue weighted by Crippen LogP contribution is 2.30. The van der Waals surface area contributed by atoms with Crippen molar-refractivity contribution in [3.63, 3.8) is 0 Å². The molecule has 0 amide bonds. The normalized spacial score (nSPS) is 23.4. The molecule has 1 atom stereocenters. The molecule has 1 aromatic heterocycles. The van der Waals surface area contributed by atoms with Crippen LogP contribution in [0.5, 0.6) is 0 Å². The number of hydrogen-bond acceptors (Lipinski definition) is 5. The van der Waals surface area contributed by atoms with E-state index < -0.39 is 10.0 Å². The van der Waals surface area contributed by atoms with E-state index >= 15 is 0 Å². The number of thiophene rings is 1. The lowest BCUT2D eigenvalue weighted by Crippen LogP contribution is -2.52. The number of nitrogens with one attached hydrogen (secondary N) is 2. The first-order valence-electron chi connectivity index (χ1n) is 6.38. The average Bonchev–Trinajstić information content (AvgIpc) is 2.97. The second-order valence-electron chi connectivity index (χ2n) is 5.09. The lowest BCUT2D eigenvalue weighted by Gasteiger charge is -2.28. The molecule has 0 aliphatic carbocycles. The number of rotatable bonds is 6. The maximum absolute atomic E-state index is 12.3. The number of halogens is 1. The Morgan fingerprint density at radius 3 is 2.85 bits per heavy atom. The van der Waals surface area contributed by atoms with E-state index in [1.165, 1.54) is 0 Å².